The Bertz CT molecular complexity index is 246. The standard InChI is InChI=1S/C16H31N/c1-12-7-6-8-13(11-12)15(17)14-9-4-5-10-16(14,2)3/h12-15H,4-11,17H2,1-3H3. The fourth-order valence-corrected chi connectivity index (χ4v) is 4.39. The van der Waals surface area contributed by atoms with E-state index in [1.807, 2.05) is 0 Å². The molecule has 0 heterocycles. The Kier molecular flexibility index (Phi) is 4.18. The summed E-state index contributed by atoms with van der Waals surface area (Å²) in [6.45, 7) is 7.30. The second-order valence-corrected chi connectivity index (χ2v) is 7.45. The summed E-state index contributed by atoms with van der Waals surface area (Å²) in [6.07, 6.45) is 11.2. The molecule has 2 aliphatic rings. The third kappa shape index (κ3) is 3.05. The number of nitrogens with two attached hydrogens (primary N) is 1. The van der Waals surface area contributed by atoms with Gasteiger partial charge in [0, 0.05) is 6.04 Å². The Morgan fingerprint density at radius 2 is 1.82 bits per heavy atom. The van der Waals surface area contributed by atoms with Crippen LogP contribution in [0.25, 0.3) is 0 Å². The van der Waals surface area contributed by atoms with E-state index in [4.69, 9.17) is 5.73 Å². The highest BCUT2D eigenvalue weighted by atomic mass is 14.7. The van der Waals surface area contributed by atoms with Gasteiger partial charge in [0.05, 0.1) is 0 Å². The summed E-state index contributed by atoms with van der Waals surface area (Å²) in [5, 5.41) is 0. The average molecular weight is 237 g/mol. The molecular formula is C16H31N. The second-order valence-electron chi connectivity index (χ2n) is 7.45. The van der Waals surface area contributed by atoms with Crippen molar-refractivity contribution in [1.82, 2.24) is 0 Å². The van der Waals surface area contributed by atoms with Gasteiger partial charge in [0.2, 0.25) is 0 Å². The third-order valence-corrected chi connectivity index (χ3v) is 5.58. The first-order valence-corrected chi connectivity index (χ1v) is 7.76. The molecule has 0 saturated heterocycles. The van der Waals surface area contributed by atoms with E-state index in [1.165, 1.54) is 51.4 Å². The van der Waals surface area contributed by atoms with Gasteiger partial charge >= 0.3 is 0 Å². The Morgan fingerprint density at radius 1 is 1.06 bits per heavy atom. The number of hydrogen-bond acceptors (Lipinski definition) is 1. The van der Waals surface area contributed by atoms with Crippen molar-refractivity contribution in [3.63, 3.8) is 0 Å². The molecule has 2 saturated carbocycles. The minimum Gasteiger partial charge on any atom is -0.327 e. The molecule has 0 radical (unpaired) electrons. The summed E-state index contributed by atoms with van der Waals surface area (Å²) in [5.41, 5.74) is 7.15. The second kappa shape index (κ2) is 5.30. The summed E-state index contributed by atoms with van der Waals surface area (Å²) >= 11 is 0. The summed E-state index contributed by atoms with van der Waals surface area (Å²) < 4.78 is 0. The van der Waals surface area contributed by atoms with Gasteiger partial charge in [-0.05, 0) is 48.9 Å². The summed E-state index contributed by atoms with van der Waals surface area (Å²) in [4.78, 5) is 0. The van der Waals surface area contributed by atoms with E-state index >= 15 is 0 Å². The molecule has 1 nitrogen and oxygen atoms in total. The van der Waals surface area contributed by atoms with Crippen molar-refractivity contribution in [2.24, 2.45) is 28.9 Å². The van der Waals surface area contributed by atoms with Gasteiger partial charge in [-0.2, -0.15) is 0 Å². The molecule has 2 N–H and O–H groups in total. The Labute approximate surface area is 108 Å². The van der Waals surface area contributed by atoms with Crippen LogP contribution >= 0.6 is 0 Å². The van der Waals surface area contributed by atoms with Crippen LogP contribution in [-0.2, 0) is 0 Å². The van der Waals surface area contributed by atoms with Crippen LogP contribution in [0.3, 0.4) is 0 Å². The fourth-order valence-electron chi connectivity index (χ4n) is 4.39. The molecule has 0 amide bonds. The van der Waals surface area contributed by atoms with Crippen LogP contribution in [0.2, 0.25) is 0 Å². The van der Waals surface area contributed by atoms with E-state index in [2.05, 4.69) is 20.8 Å². The summed E-state index contributed by atoms with van der Waals surface area (Å²) in [6, 6.07) is 0.466. The monoisotopic (exact) mass is 237 g/mol. The minimum absolute atomic E-state index is 0.466. The topological polar surface area (TPSA) is 26.0 Å². The molecule has 0 bridgehead atoms. The Morgan fingerprint density at radius 3 is 2.47 bits per heavy atom. The van der Waals surface area contributed by atoms with E-state index < -0.39 is 0 Å². The van der Waals surface area contributed by atoms with Crippen LogP contribution in [0.1, 0.15) is 72.1 Å². The van der Waals surface area contributed by atoms with Crippen molar-refractivity contribution in [1.29, 1.82) is 0 Å². The molecule has 2 aliphatic carbocycles. The first kappa shape index (κ1) is 13.4. The lowest BCUT2D eigenvalue weighted by molar-refractivity contribution is 0.0738. The number of hydrogen-bond donors (Lipinski definition) is 1. The molecule has 4 atom stereocenters. The molecule has 0 aromatic heterocycles. The summed E-state index contributed by atoms with van der Waals surface area (Å²) in [5.74, 6) is 2.49. The van der Waals surface area contributed by atoms with Crippen molar-refractivity contribution in [3.05, 3.63) is 0 Å². The maximum atomic E-state index is 6.66. The van der Waals surface area contributed by atoms with Gasteiger partial charge in [-0.25, -0.2) is 0 Å². The molecule has 2 rings (SSSR count). The van der Waals surface area contributed by atoms with Gasteiger partial charge in [-0.1, -0.05) is 46.5 Å². The smallest absolute Gasteiger partial charge is 0.0101 e. The van der Waals surface area contributed by atoms with Crippen LogP contribution in [0.4, 0.5) is 0 Å². The zero-order valence-electron chi connectivity index (χ0n) is 12.0. The van der Waals surface area contributed by atoms with Gasteiger partial charge in [-0.3, -0.25) is 0 Å². The molecular weight excluding hydrogens is 206 g/mol. The lowest BCUT2D eigenvalue weighted by Crippen LogP contribution is -2.47. The van der Waals surface area contributed by atoms with Crippen LogP contribution in [0, 0.1) is 23.2 Å². The molecule has 0 aromatic carbocycles. The average Bonchev–Trinajstić information content (AvgIpc) is 2.27. The molecule has 17 heavy (non-hydrogen) atoms. The lowest BCUT2D eigenvalue weighted by atomic mass is 9.62. The van der Waals surface area contributed by atoms with Gasteiger partial charge in [0.1, 0.15) is 0 Å². The Hall–Kier alpha value is -0.0400. The Balaban J connectivity index is 2.00. The first-order chi connectivity index (χ1) is 8.00. The normalized spacial score (nSPS) is 39.9. The third-order valence-electron chi connectivity index (χ3n) is 5.58. The van der Waals surface area contributed by atoms with E-state index in [1.54, 1.807) is 0 Å². The minimum atomic E-state index is 0.466. The van der Waals surface area contributed by atoms with E-state index in [9.17, 15) is 0 Å². The quantitative estimate of drug-likeness (QED) is 0.759. The van der Waals surface area contributed by atoms with Crippen LogP contribution in [-0.4, -0.2) is 6.04 Å². The van der Waals surface area contributed by atoms with Crippen molar-refractivity contribution in [3.8, 4) is 0 Å². The van der Waals surface area contributed by atoms with E-state index in [0.29, 0.717) is 11.5 Å². The van der Waals surface area contributed by atoms with Gasteiger partial charge < -0.3 is 5.73 Å². The van der Waals surface area contributed by atoms with Crippen LogP contribution < -0.4 is 5.73 Å². The largest absolute Gasteiger partial charge is 0.327 e. The molecule has 2 fully saturated rings. The van der Waals surface area contributed by atoms with Crippen LogP contribution in [0.5, 0.6) is 0 Å². The SMILES string of the molecule is CC1CCCC(C(N)C2CCCCC2(C)C)C1. The molecule has 1 heteroatoms. The van der Waals surface area contributed by atoms with Crippen LogP contribution in [0.15, 0.2) is 0 Å². The maximum absolute atomic E-state index is 6.66. The van der Waals surface area contributed by atoms with Crippen molar-refractivity contribution < 1.29 is 0 Å². The highest BCUT2D eigenvalue weighted by Gasteiger charge is 2.39. The molecule has 0 spiro atoms. The zero-order chi connectivity index (χ0) is 12.5. The van der Waals surface area contributed by atoms with Crippen molar-refractivity contribution >= 4 is 0 Å². The maximum Gasteiger partial charge on any atom is 0.0101 e. The predicted molar refractivity (Wildman–Crippen MR) is 74.8 cm³/mol. The first-order valence-electron chi connectivity index (χ1n) is 7.76. The highest BCUT2D eigenvalue weighted by molar-refractivity contribution is 4.93. The zero-order valence-corrected chi connectivity index (χ0v) is 12.0. The van der Waals surface area contributed by atoms with Gasteiger partial charge in [-0.15, -0.1) is 0 Å². The van der Waals surface area contributed by atoms with Gasteiger partial charge in [0.15, 0.2) is 0 Å². The molecule has 0 aliphatic heterocycles. The fraction of sp³-hybridized carbons (Fsp3) is 1.00. The van der Waals surface area contributed by atoms with E-state index in [0.717, 1.165) is 17.8 Å². The molecule has 100 valence electrons. The van der Waals surface area contributed by atoms with Crippen molar-refractivity contribution in [2.45, 2.75) is 78.2 Å². The molecule has 0 aromatic rings. The van der Waals surface area contributed by atoms with Crippen molar-refractivity contribution in [2.75, 3.05) is 0 Å². The molecule has 4 unspecified atom stereocenters. The highest BCUT2D eigenvalue weighted by Crippen LogP contribution is 2.45. The van der Waals surface area contributed by atoms with Gasteiger partial charge in [0.25, 0.3) is 0 Å². The van der Waals surface area contributed by atoms with E-state index in [-0.39, 0.29) is 0 Å². The lowest BCUT2D eigenvalue weighted by Gasteiger charge is -2.45. The predicted octanol–water partition coefficient (Wildman–Crippen LogP) is 4.36. The number of rotatable bonds is 2. The summed E-state index contributed by atoms with van der Waals surface area (Å²) in [7, 11) is 0.